The molecular formula is C10H21N. The molecule has 0 rings (SSSR count). The summed E-state index contributed by atoms with van der Waals surface area (Å²) in [6.07, 6.45) is 9.52. The first-order valence-electron chi connectivity index (χ1n) is 4.71. The minimum Gasteiger partial charge on any atom is -0.327 e. The molecule has 0 bridgehead atoms. The minimum absolute atomic E-state index is 0.684. The van der Waals surface area contributed by atoms with E-state index in [4.69, 9.17) is 5.73 Å². The van der Waals surface area contributed by atoms with E-state index in [1.807, 2.05) is 0 Å². The van der Waals surface area contributed by atoms with Gasteiger partial charge in [0.05, 0.1) is 0 Å². The van der Waals surface area contributed by atoms with Crippen LogP contribution in [0.25, 0.3) is 0 Å². The van der Waals surface area contributed by atoms with E-state index in [-0.39, 0.29) is 0 Å². The maximum Gasteiger partial charge on any atom is 0.0106 e. The molecule has 66 valence electrons. The summed E-state index contributed by atoms with van der Waals surface area (Å²) in [6, 6.07) is 0. The third kappa shape index (κ3) is 6.11. The zero-order valence-electron chi connectivity index (χ0n) is 7.84. The molecule has 0 aliphatic carbocycles. The number of rotatable bonds is 6. The van der Waals surface area contributed by atoms with Crippen molar-refractivity contribution in [1.29, 1.82) is 0 Å². The Morgan fingerprint density at radius 2 is 1.73 bits per heavy atom. The molecule has 0 radical (unpaired) electrons. The molecular weight excluding hydrogens is 134 g/mol. The van der Waals surface area contributed by atoms with Gasteiger partial charge in [-0.25, -0.2) is 0 Å². The van der Waals surface area contributed by atoms with E-state index in [9.17, 15) is 0 Å². The lowest BCUT2D eigenvalue weighted by Gasteiger charge is -2.08. The number of allylic oxidation sites excluding steroid dienone is 1. The normalized spacial score (nSPS) is 11.6. The van der Waals surface area contributed by atoms with Gasteiger partial charge in [0.25, 0.3) is 0 Å². The van der Waals surface area contributed by atoms with Crippen LogP contribution in [0.1, 0.15) is 39.5 Å². The van der Waals surface area contributed by atoms with Crippen molar-refractivity contribution in [2.75, 3.05) is 6.54 Å². The van der Waals surface area contributed by atoms with Crippen LogP contribution in [0.15, 0.2) is 12.2 Å². The summed E-state index contributed by atoms with van der Waals surface area (Å²) in [4.78, 5) is 0. The van der Waals surface area contributed by atoms with Gasteiger partial charge in [-0.3, -0.25) is 0 Å². The molecule has 0 aliphatic rings. The monoisotopic (exact) mass is 155 g/mol. The van der Waals surface area contributed by atoms with E-state index >= 15 is 0 Å². The molecule has 0 unspecified atom stereocenters. The van der Waals surface area contributed by atoms with Gasteiger partial charge in [-0.2, -0.15) is 0 Å². The summed E-state index contributed by atoms with van der Waals surface area (Å²) in [7, 11) is 0. The molecule has 1 nitrogen and oxygen atoms in total. The average Bonchev–Trinajstić information content (AvgIpc) is 2.01. The quantitative estimate of drug-likeness (QED) is 0.586. The van der Waals surface area contributed by atoms with Gasteiger partial charge in [-0.05, 0) is 18.8 Å². The molecule has 0 saturated carbocycles. The summed E-state index contributed by atoms with van der Waals surface area (Å²) in [5.74, 6) is 0.772. The first-order valence-corrected chi connectivity index (χ1v) is 4.71. The predicted octanol–water partition coefficient (Wildman–Crippen LogP) is 2.72. The van der Waals surface area contributed by atoms with Crippen LogP contribution >= 0.6 is 0 Å². The van der Waals surface area contributed by atoms with Crippen LogP contribution in [0.3, 0.4) is 0 Å². The summed E-state index contributed by atoms with van der Waals surface area (Å²) in [5, 5.41) is 0. The maximum absolute atomic E-state index is 5.38. The number of nitrogens with two attached hydrogens (primary N) is 1. The van der Waals surface area contributed by atoms with Gasteiger partial charge in [0.2, 0.25) is 0 Å². The molecule has 0 atom stereocenters. The van der Waals surface area contributed by atoms with E-state index in [1.165, 1.54) is 25.7 Å². The molecule has 0 aromatic heterocycles. The Bertz CT molecular complexity index is 91.0. The van der Waals surface area contributed by atoms with Gasteiger partial charge in [0, 0.05) is 6.54 Å². The average molecular weight is 155 g/mol. The highest BCUT2D eigenvalue weighted by Crippen LogP contribution is 2.14. The third-order valence-corrected chi connectivity index (χ3v) is 1.86. The SMILES string of the molecule is CCCC(/C=C/CN)CCC. The first kappa shape index (κ1) is 10.7. The Balaban J connectivity index is 3.58. The van der Waals surface area contributed by atoms with Gasteiger partial charge in [0.1, 0.15) is 0 Å². The Morgan fingerprint density at radius 1 is 1.18 bits per heavy atom. The van der Waals surface area contributed by atoms with Crippen LogP contribution in [0, 0.1) is 5.92 Å². The lowest BCUT2D eigenvalue weighted by Crippen LogP contribution is -1.98. The molecule has 0 fully saturated rings. The largest absolute Gasteiger partial charge is 0.327 e. The van der Waals surface area contributed by atoms with Crippen LogP contribution in [0.2, 0.25) is 0 Å². The van der Waals surface area contributed by atoms with Crippen molar-refractivity contribution < 1.29 is 0 Å². The van der Waals surface area contributed by atoms with Gasteiger partial charge in [0.15, 0.2) is 0 Å². The zero-order chi connectivity index (χ0) is 8.53. The highest BCUT2D eigenvalue weighted by Gasteiger charge is 2.00. The van der Waals surface area contributed by atoms with E-state index in [1.54, 1.807) is 0 Å². The summed E-state index contributed by atoms with van der Waals surface area (Å²) in [6.45, 7) is 5.15. The number of hydrogen-bond donors (Lipinski definition) is 1. The molecule has 0 saturated heterocycles. The lowest BCUT2D eigenvalue weighted by molar-refractivity contribution is 0.529. The summed E-state index contributed by atoms with van der Waals surface area (Å²) < 4.78 is 0. The molecule has 0 spiro atoms. The standard InChI is InChI=1S/C10H21N/c1-3-6-10(7-4-2)8-5-9-11/h5,8,10H,3-4,6-7,9,11H2,1-2H3/b8-5+. The molecule has 0 aromatic rings. The highest BCUT2D eigenvalue weighted by molar-refractivity contribution is 4.88. The Hall–Kier alpha value is -0.300. The second-order valence-corrected chi connectivity index (χ2v) is 3.00. The van der Waals surface area contributed by atoms with Crippen LogP contribution in [-0.2, 0) is 0 Å². The van der Waals surface area contributed by atoms with E-state index in [0.29, 0.717) is 6.54 Å². The van der Waals surface area contributed by atoms with E-state index < -0.39 is 0 Å². The molecule has 2 N–H and O–H groups in total. The van der Waals surface area contributed by atoms with Crippen LogP contribution in [-0.4, -0.2) is 6.54 Å². The summed E-state index contributed by atoms with van der Waals surface area (Å²) in [5.41, 5.74) is 5.38. The smallest absolute Gasteiger partial charge is 0.0106 e. The van der Waals surface area contributed by atoms with Crippen molar-refractivity contribution in [3.63, 3.8) is 0 Å². The fourth-order valence-electron chi connectivity index (χ4n) is 1.35. The predicted molar refractivity (Wildman–Crippen MR) is 51.5 cm³/mol. The van der Waals surface area contributed by atoms with Crippen LogP contribution < -0.4 is 5.73 Å². The fraction of sp³-hybridized carbons (Fsp3) is 0.800. The van der Waals surface area contributed by atoms with Crippen molar-refractivity contribution in [1.82, 2.24) is 0 Å². The minimum atomic E-state index is 0.684. The van der Waals surface area contributed by atoms with Gasteiger partial charge in [-0.1, -0.05) is 38.8 Å². The van der Waals surface area contributed by atoms with Gasteiger partial charge >= 0.3 is 0 Å². The molecule has 0 heterocycles. The zero-order valence-corrected chi connectivity index (χ0v) is 7.84. The van der Waals surface area contributed by atoms with Gasteiger partial charge < -0.3 is 5.73 Å². The molecule has 0 aliphatic heterocycles. The topological polar surface area (TPSA) is 26.0 Å². The highest BCUT2D eigenvalue weighted by atomic mass is 14.5. The Morgan fingerprint density at radius 3 is 2.09 bits per heavy atom. The second-order valence-electron chi connectivity index (χ2n) is 3.00. The van der Waals surface area contributed by atoms with Crippen molar-refractivity contribution in [3.05, 3.63) is 12.2 Å². The van der Waals surface area contributed by atoms with Crippen LogP contribution in [0.5, 0.6) is 0 Å². The van der Waals surface area contributed by atoms with Crippen molar-refractivity contribution in [2.45, 2.75) is 39.5 Å². The molecule has 0 aromatic carbocycles. The second kappa shape index (κ2) is 7.80. The first-order chi connectivity index (χ1) is 5.35. The van der Waals surface area contributed by atoms with E-state index in [2.05, 4.69) is 26.0 Å². The molecule has 11 heavy (non-hydrogen) atoms. The third-order valence-electron chi connectivity index (χ3n) is 1.86. The maximum atomic E-state index is 5.38. The Labute approximate surface area is 70.7 Å². The molecule has 1 heteroatoms. The lowest BCUT2D eigenvalue weighted by atomic mass is 9.98. The van der Waals surface area contributed by atoms with Gasteiger partial charge in [-0.15, -0.1) is 0 Å². The van der Waals surface area contributed by atoms with Crippen LogP contribution in [0.4, 0.5) is 0 Å². The molecule has 0 amide bonds. The Kier molecular flexibility index (Phi) is 7.59. The summed E-state index contributed by atoms with van der Waals surface area (Å²) >= 11 is 0. The fourth-order valence-corrected chi connectivity index (χ4v) is 1.35. The van der Waals surface area contributed by atoms with E-state index in [0.717, 1.165) is 5.92 Å². The number of hydrogen-bond acceptors (Lipinski definition) is 1. The van der Waals surface area contributed by atoms with Crippen molar-refractivity contribution in [2.24, 2.45) is 11.7 Å². The van der Waals surface area contributed by atoms with Crippen molar-refractivity contribution >= 4 is 0 Å². The van der Waals surface area contributed by atoms with Crippen molar-refractivity contribution in [3.8, 4) is 0 Å².